The standard InChI is InChI=1S/C19H14N2O5S/c1-12-6-8-14(9-7-12)27(23,24)11-17-20-18(26-21-17)15-10-13-4-2-3-5-16(13)25-19(15)22/h2-10H,11H2,1H3. The number of hydrogen-bond acceptors (Lipinski definition) is 7. The van der Waals surface area contributed by atoms with E-state index in [1.807, 2.05) is 6.92 Å². The van der Waals surface area contributed by atoms with E-state index in [0.29, 0.717) is 11.0 Å². The topological polar surface area (TPSA) is 103 Å². The third-order valence-electron chi connectivity index (χ3n) is 4.04. The predicted octanol–water partition coefficient (Wildman–Crippen LogP) is 3.13. The van der Waals surface area contributed by atoms with E-state index in [4.69, 9.17) is 8.94 Å². The molecule has 0 saturated heterocycles. The van der Waals surface area contributed by atoms with Crippen LogP contribution in [0.15, 0.2) is 73.2 Å². The SMILES string of the molecule is Cc1ccc(S(=O)(=O)Cc2noc(-c3cc4ccccc4oc3=O)n2)cc1. The van der Waals surface area contributed by atoms with Gasteiger partial charge >= 0.3 is 5.63 Å². The number of benzene rings is 2. The second kappa shape index (κ2) is 6.48. The highest BCUT2D eigenvalue weighted by Crippen LogP contribution is 2.21. The van der Waals surface area contributed by atoms with Gasteiger partial charge in [-0.15, -0.1) is 0 Å². The Labute approximate surface area is 154 Å². The summed E-state index contributed by atoms with van der Waals surface area (Å²) in [6.45, 7) is 1.87. The van der Waals surface area contributed by atoms with Crippen LogP contribution in [0.25, 0.3) is 22.4 Å². The number of para-hydroxylation sites is 1. The van der Waals surface area contributed by atoms with Crippen LogP contribution >= 0.6 is 0 Å². The van der Waals surface area contributed by atoms with Crippen molar-refractivity contribution in [3.63, 3.8) is 0 Å². The quantitative estimate of drug-likeness (QED) is 0.500. The summed E-state index contributed by atoms with van der Waals surface area (Å²) in [4.78, 5) is 16.4. The van der Waals surface area contributed by atoms with E-state index < -0.39 is 21.2 Å². The average molecular weight is 382 g/mol. The van der Waals surface area contributed by atoms with Crippen molar-refractivity contribution in [2.24, 2.45) is 0 Å². The molecule has 7 nitrogen and oxygen atoms in total. The van der Waals surface area contributed by atoms with E-state index in [9.17, 15) is 13.2 Å². The van der Waals surface area contributed by atoms with Gasteiger partial charge in [0.1, 0.15) is 16.9 Å². The van der Waals surface area contributed by atoms with Gasteiger partial charge < -0.3 is 8.94 Å². The largest absolute Gasteiger partial charge is 0.422 e. The number of aromatic nitrogens is 2. The number of hydrogen-bond donors (Lipinski definition) is 0. The normalized spacial score (nSPS) is 11.7. The molecule has 0 atom stereocenters. The molecular weight excluding hydrogens is 368 g/mol. The van der Waals surface area contributed by atoms with Crippen molar-refractivity contribution < 1.29 is 17.4 Å². The van der Waals surface area contributed by atoms with E-state index in [0.717, 1.165) is 5.56 Å². The van der Waals surface area contributed by atoms with Crippen LogP contribution in [0.3, 0.4) is 0 Å². The molecule has 0 saturated carbocycles. The molecule has 8 heteroatoms. The molecule has 0 aliphatic carbocycles. The molecule has 0 N–H and O–H groups in total. The van der Waals surface area contributed by atoms with Gasteiger partial charge in [0.25, 0.3) is 5.89 Å². The van der Waals surface area contributed by atoms with Crippen LogP contribution in [-0.4, -0.2) is 18.6 Å². The third-order valence-corrected chi connectivity index (χ3v) is 5.67. The molecule has 2 heterocycles. The lowest BCUT2D eigenvalue weighted by Gasteiger charge is -2.01. The van der Waals surface area contributed by atoms with Crippen LogP contribution in [-0.2, 0) is 15.6 Å². The first-order valence-electron chi connectivity index (χ1n) is 8.08. The van der Waals surface area contributed by atoms with E-state index in [2.05, 4.69) is 10.1 Å². The lowest BCUT2D eigenvalue weighted by Crippen LogP contribution is -2.07. The summed E-state index contributed by atoms with van der Waals surface area (Å²) in [7, 11) is -3.63. The maximum Gasteiger partial charge on any atom is 0.349 e. The summed E-state index contributed by atoms with van der Waals surface area (Å²) in [6.07, 6.45) is 0. The van der Waals surface area contributed by atoms with E-state index >= 15 is 0 Å². The third kappa shape index (κ3) is 3.39. The molecule has 4 aromatic rings. The first kappa shape index (κ1) is 17.2. The first-order valence-corrected chi connectivity index (χ1v) is 9.73. The number of sulfone groups is 1. The van der Waals surface area contributed by atoms with Gasteiger partial charge in [-0.25, -0.2) is 13.2 Å². The fourth-order valence-electron chi connectivity index (χ4n) is 2.63. The Bertz CT molecular complexity index is 1290. The van der Waals surface area contributed by atoms with Crippen molar-refractivity contribution in [1.29, 1.82) is 0 Å². The Morgan fingerprint density at radius 3 is 2.56 bits per heavy atom. The van der Waals surface area contributed by atoms with Crippen molar-refractivity contribution in [2.45, 2.75) is 17.6 Å². The summed E-state index contributed by atoms with van der Waals surface area (Å²) in [5.41, 5.74) is 0.845. The number of fused-ring (bicyclic) bond motifs is 1. The van der Waals surface area contributed by atoms with E-state index in [-0.39, 0.29) is 22.2 Å². The van der Waals surface area contributed by atoms with Gasteiger partial charge in [-0.3, -0.25) is 0 Å². The van der Waals surface area contributed by atoms with Crippen molar-refractivity contribution in [2.75, 3.05) is 0 Å². The molecule has 27 heavy (non-hydrogen) atoms. The van der Waals surface area contributed by atoms with Gasteiger partial charge in [0.05, 0.1) is 4.90 Å². The molecule has 0 aliphatic heterocycles. The van der Waals surface area contributed by atoms with Crippen LogP contribution in [0.1, 0.15) is 11.4 Å². The number of nitrogens with zero attached hydrogens (tertiary/aromatic N) is 2. The molecule has 0 spiro atoms. The fraction of sp³-hybridized carbons (Fsp3) is 0.105. The summed E-state index contributed by atoms with van der Waals surface area (Å²) in [6, 6.07) is 15.1. The van der Waals surface area contributed by atoms with Crippen molar-refractivity contribution >= 4 is 20.8 Å². The van der Waals surface area contributed by atoms with Crippen LogP contribution in [0.5, 0.6) is 0 Å². The summed E-state index contributed by atoms with van der Waals surface area (Å²) in [5.74, 6) is -0.542. The zero-order chi connectivity index (χ0) is 19.0. The Morgan fingerprint density at radius 2 is 1.78 bits per heavy atom. The molecule has 0 radical (unpaired) electrons. The zero-order valence-electron chi connectivity index (χ0n) is 14.2. The van der Waals surface area contributed by atoms with Crippen molar-refractivity contribution in [1.82, 2.24) is 10.1 Å². The van der Waals surface area contributed by atoms with Gasteiger partial charge in [0.2, 0.25) is 0 Å². The lowest BCUT2D eigenvalue weighted by atomic mass is 10.2. The highest BCUT2D eigenvalue weighted by atomic mass is 32.2. The van der Waals surface area contributed by atoms with Gasteiger partial charge in [-0.2, -0.15) is 4.98 Å². The number of rotatable bonds is 4. The number of aryl methyl sites for hydroxylation is 1. The Morgan fingerprint density at radius 1 is 1.04 bits per heavy atom. The van der Waals surface area contributed by atoms with Crippen molar-refractivity contribution in [3.8, 4) is 11.5 Å². The van der Waals surface area contributed by atoms with Crippen LogP contribution in [0, 0.1) is 6.92 Å². The predicted molar refractivity (Wildman–Crippen MR) is 97.8 cm³/mol. The monoisotopic (exact) mass is 382 g/mol. The minimum absolute atomic E-state index is 0.0295. The Balaban J connectivity index is 1.67. The molecule has 2 aromatic carbocycles. The average Bonchev–Trinajstić information content (AvgIpc) is 3.09. The Hall–Kier alpha value is -3.26. The summed E-state index contributed by atoms with van der Waals surface area (Å²) >= 11 is 0. The second-order valence-corrected chi connectivity index (χ2v) is 8.06. The zero-order valence-corrected chi connectivity index (χ0v) is 15.1. The second-order valence-electron chi connectivity index (χ2n) is 6.07. The molecule has 0 fully saturated rings. The molecule has 0 amide bonds. The van der Waals surface area contributed by atoms with E-state index in [1.165, 1.54) is 12.1 Å². The molecule has 0 unspecified atom stereocenters. The van der Waals surface area contributed by atoms with Gasteiger partial charge in [0, 0.05) is 5.39 Å². The van der Waals surface area contributed by atoms with Gasteiger partial charge in [-0.05, 0) is 31.2 Å². The molecular formula is C19H14N2O5S. The molecule has 2 aromatic heterocycles. The van der Waals surface area contributed by atoms with E-state index in [1.54, 1.807) is 42.5 Å². The smallest absolute Gasteiger partial charge is 0.349 e. The van der Waals surface area contributed by atoms with Crippen molar-refractivity contribution in [3.05, 3.63) is 76.4 Å². The fourth-order valence-corrected chi connectivity index (χ4v) is 3.81. The highest BCUT2D eigenvalue weighted by molar-refractivity contribution is 7.90. The van der Waals surface area contributed by atoms with Crippen LogP contribution < -0.4 is 5.63 Å². The summed E-state index contributed by atoms with van der Waals surface area (Å²) in [5, 5.41) is 4.39. The van der Waals surface area contributed by atoms with Crippen LogP contribution in [0.2, 0.25) is 0 Å². The first-order chi connectivity index (χ1) is 12.9. The maximum atomic E-state index is 12.5. The summed E-state index contributed by atoms with van der Waals surface area (Å²) < 4.78 is 35.3. The Kier molecular flexibility index (Phi) is 4.12. The maximum absolute atomic E-state index is 12.5. The molecule has 0 bridgehead atoms. The van der Waals surface area contributed by atoms with Crippen LogP contribution in [0.4, 0.5) is 0 Å². The van der Waals surface area contributed by atoms with Gasteiger partial charge in [0.15, 0.2) is 15.7 Å². The minimum Gasteiger partial charge on any atom is -0.422 e. The lowest BCUT2D eigenvalue weighted by molar-refractivity contribution is 0.422. The minimum atomic E-state index is -3.63. The molecule has 136 valence electrons. The molecule has 4 rings (SSSR count). The van der Waals surface area contributed by atoms with Gasteiger partial charge in [-0.1, -0.05) is 41.1 Å². The molecule has 0 aliphatic rings. The highest BCUT2D eigenvalue weighted by Gasteiger charge is 2.21.